The van der Waals surface area contributed by atoms with E-state index in [1.165, 1.54) is 17.0 Å². The molecule has 0 bridgehead atoms. The van der Waals surface area contributed by atoms with E-state index in [0.29, 0.717) is 24.6 Å². The Labute approximate surface area is 198 Å². The minimum absolute atomic E-state index is 0.188. The third-order valence-electron chi connectivity index (χ3n) is 5.18. The van der Waals surface area contributed by atoms with Gasteiger partial charge >= 0.3 is 0 Å². The third-order valence-corrected chi connectivity index (χ3v) is 5.79. The lowest BCUT2D eigenvalue weighted by atomic mass is 10.0. The fraction of sp³-hybridized carbons (Fsp3) is 0.440. The van der Waals surface area contributed by atoms with Crippen molar-refractivity contribution < 1.29 is 18.7 Å². The zero-order chi connectivity index (χ0) is 23.7. The molecule has 0 radical (unpaired) electrons. The van der Waals surface area contributed by atoms with Gasteiger partial charge in [-0.3, -0.25) is 9.59 Å². The van der Waals surface area contributed by atoms with Crippen LogP contribution in [0.5, 0.6) is 5.75 Å². The van der Waals surface area contributed by atoms with Gasteiger partial charge in [0.25, 0.3) is 5.91 Å². The van der Waals surface area contributed by atoms with E-state index in [1.807, 2.05) is 32.0 Å². The fourth-order valence-electron chi connectivity index (χ4n) is 3.29. The quantitative estimate of drug-likeness (QED) is 0.442. The van der Waals surface area contributed by atoms with Gasteiger partial charge in [-0.05, 0) is 70.1 Å². The molecule has 32 heavy (non-hydrogen) atoms. The largest absolute Gasteiger partial charge is 0.483 e. The second-order valence-corrected chi connectivity index (χ2v) is 8.85. The van der Waals surface area contributed by atoms with Crippen molar-refractivity contribution in [1.29, 1.82) is 0 Å². The number of nitrogens with one attached hydrogen (secondary N) is 1. The Hall–Kier alpha value is -2.41. The molecule has 0 saturated heterocycles. The molecule has 0 spiro atoms. The molecule has 0 aromatic heterocycles. The first kappa shape index (κ1) is 25.8. The van der Waals surface area contributed by atoms with E-state index in [0.717, 1.165) is 22.0 Å². The topological polar surface area (TPSA) is 58.6 Å². The summed E-state index contributed by atoms with van der Waals surface area (Å²) in [4.78, 5) is 27.4. The van der Waals surface area contributed by atoms with Gasteiger partial charge in [-0.25, -0.2) is 4.39 Å². The predicted octanol–water partition coefficient (Wildman–Crippen LogP) is 5.42. The number of halogens is 2. The maximum absolute atomic E-state index is 13.3. The van der Waals surface area contributed by atoms with Gasteiger partial charge in [0.15, 0.2) is 6.61 Å². The number of hydrogen-bond donors (Lipinski definition) is 1. The smallest absolute Gasteiger partial charge is 0.261 e. The minimum Gasteiger partial charge on any atom is -0.483 e. The highest BCUT2D eigenvalue weighted by Gasteiger charge is 2.29. The molecular weight excluding hydrogens is 475 g/mol. The summed E-state index contributed by atoms with van der Waals surface area (Å²) in [6.45, 7) is 8.56. The molecule has 174 valence electrons. The number of carbonyl (C=O) groups excluding carboxylic acids is 2. The van der Waals surface area contributed by atoms with Gasteiger partial charge in [-0.1, -0.05) is 45.9 Å². The van der Waals surface area contributed by atoms with E-state index in [-0.39, 0.29) is 30.8 Å². The first-order valence-electron chi connectivity index (χ1n) is 11.0. The third kappa shape index (κ3) is 7.33. The average Bonchev–Trinajstić information content (AvgIpc) is 2.77. The number of amides is 2. The van der Waals surface area contributed by atoms with Gasteiger partial charge < -0.3 is 15.0 Å². The van der Waals surface area contributed by atoms with Crippen molar-refractivity contribution in [2.45, 2.75) is 59.0 Å². The molecular formula is C25H32BrFN2O3. The van der Waals surface area contributed by atoms with Gasteiger partial charge in [0.1, 0.15) is 17.6 Å². The van der Waals surface area contributed by atoms with Crippen LogP contribution in [0.15, 0.2) is 46.9 Å². The van der Waals surface area contributed by atoms with Crippen LogP contribution in [0.25, 0.3) is 0 Å². The molecule has 0 aliphatic rings. The summed E-state index contributed by atoms with van der Waals surface area (Å²) in [6, 6.07) is 11.1. The molecule has 0 unspecified atom stereocenters. The average molecular weight is 507 g/mol. The van der Waals surface area contributed by atoms with Crippen molar-refractivity contribution in [1.82, 2.24) is 10.2 Å². The molecule has 7 heteroatoms. The van der Waals surface area contributed by atoms with E-state index in [9.17, 15) is 14.0 Å². The summed E-state index contributed by atoms with van der Waals surface area (Å²) in [5, 5.41) is 2.87. The van der Waals surface area contributed by atoms with Crippen LogP contribution < -0.4 is 10.1 Å². The Morgan fingerprint density at radius 2 is 1.81 bits per heavy atom. The Bertz CT molecular complexity index is 903. The lowest BCUT2D eigenvalue weighted by molar-refractivity contribution is -0.143. The van der Waals surface area contributed by atoms with Crippen LogP contribution in [-0.4, -0.2) is 35.9 Å². The summed E-state index contributed by atoms with van der Waals surface area (Å²) < 4.78 is 19.9. The summed E-state index contributed by atoms with van der Waals surface area (Å²) in [5.74, 6) is 0.0745. The highest BCUT2D eigenvalue weighted by Crippen LogP contribution is 2.29. The molecule has 0 aliphatic heterocycles. The minimum atomic E-state index is -0.644. The van der Waals surface area contributed by atoms with E-state index < -0.39 is 6.04 Å². The van der Waals surface area contributed by atoms with Gasteiger partial charge in [0.2, 0.25) is 5.91 Å². The second kappa shape index (κ2) is 12.6. The first-order chi connectivity index (χ1) is 15.3. The molecule has 5 nitrogen and oxygen atoms in total. The highest BCUT2D eigenvalue weighted by atomic mass is 79.9. The number of nitrogens with zero attached hydrogens (tertiary/aromatic N) is 1. The summed E-state index contributed by atoms with van der Waals surface area (Å²) in [7, 11) is 0. The van der Waals surface area contributed by atoms with Crippen molar-refractivity contribution in [2.75, 3.05) is 13.2 Å². The molecule has 2 rings (SSSR count). The molecule has 2 amide bonds. The molecule has 1 atom stereocenters. The molecule has 0 heterocycles. The second-order valence-electron chi connectivity index (χ2n) is 8.00. The summed E-state index contributed by atoms with van der Waals surface area (Å²) >= 11 is 3.51. The molecule has 2 aromatic rings. The van der Waals surface area contributed by atoms with E-state index in [1.54, 1.807) is 12.1 Å². The van der Waals surface area contributed by atoms with Gasteiger partial charge in [0.05, 0.1) is 4.47 Å². The number of rotatable bonds is 11. The lowest BCUT2D eigenvalue weighted by Gasteiger charge is -2.30. The van der Waals surface area contributed by atoms with E-state index >= 15 is 0 Å². The molecule has 0 fully saturated rings. The first-order valence-corrected chi connectivity index (χ1v) is 11.8. The zero-order valence-corrected chi connectivity index (χ0v) is 20.7. The Morgan fingerprint density at radius 3 is 2.38 bits per heavy atom. The SMILES string of the molecule is CCCNC(=O)[C@H](CC)N(Cc1ccc(F)cc1)C(=O)COc1ccc(C(C)C)cc1Br. The van der Waals surface area contributed by atoms with Crippen molar-refractivity contribution in [3.05, 3.63) is 63.9 Å². The molecule has 1 N–H and O–H groups in total. The molecule has 2 aromatic carbocycles. The van der Waals surface area contributed by atoms with Crippen LogP contribution >= 0.6 is 15.9 Å². The predicted molar refractivity (Wildman–Crippen MR) is 128 cm³/mol. The number of benzene rings is 2. The standard InChI is InChI=1S/C25H32BrFN2O3/c1-5-13-28-25(31)22(6-2)29(15-18-7-10-20(27)11-8-18)24(30)16-32-23-12-9-19(17(3)4)14-21(23)26/h7-12,14,17,22H,5-6,13,15-16H2,1-4H3,(H,28,31)/t22-/m0/s1. The number of hydrogen-bond acceptors (Lipinski definition) is 3. The molecule has 0 saturated carbocycles. The van der Waals surface area contributed by atoms with Crippen molar-refractivity contribution in [3.8, 4) is 5.75 Å². The zero-order valence-electron chi connectivity index (χ0n) is 19.2. The Balaban J connectivity index is 2.20. The highest BCUT2D eigenvalue weighted by molar-refractivity contribution is 9.10. The number of carbonyl (C=O) groups is 2. The van der Waals surface area contributed by atoms with Crippen LogP contribution in [0.1, 0.15) is 57.6 Å². The van der Waals surface area contributed by atoms with E-state index in [2.05, 4.69) is 35.1 Å². The Kier molecular flexibility index (Phi) is 10.2. The maximum Gasteiger partial charge on any atom is 0.261 e. The maximum atomic E-state index is 13.3. The fourth-order valence-corrected chi connectivity index (χ4v) is 3.80. The summed E-state index contributed by atoms with van der Waals surface area (Å²) in [5.41, 5.74) is 1.90. The van der Waals surface area contributed by atoms with Crippen molar-refractivity contribution in [3.63, 3.8) is 0 Å². The van der Waals surface area contributed by atoms with Crippen LogP contribution in [0.2, 0.25) is 0 Å². The normalized spacial score (nSPS) is 11.8. The van der Waals surface area contributed by atoms with Crippen LogP contribution in [0.3, 0.4) is 0 Å². The lowest BCUT2D eigenvalue weighted by Crippen LogP contribution is -2.50. The van der Waals surface area contributed by atoms with Gasteiger partial charge in [0, 0.05) is 13.1 Å². The van der Waals surface area contributed by atoms with Crippen LogP contribution in [0.4, 0.5) is 4.39 Å². The van der Waals surface area contributed by atoms with E-state index in [4.69, 9.17) is 4.74 Å². The molecule has 0 aliphatic carbocycles. The van der Waals surface area contributed by atoms with Gasteiger partial charge in [-0.2, -0.15) is 0 Å². The van der Waals surface area contributed by atoms with Crippen LogP contribution in [0, 0.1) is 5.82 Å². The summed E-state index contributed by atoms with van der Waals surface area (Å²) in [6.07, 6.45) is 1.26. The Morgan fingerprint density at radius 1 is 1.12 bits per heavy atom. The van der Waals surface area contributed by atoms with Crippen molar-refractivity contribution in [2.24, 2.45) is 0 Å². The van der Waals surface area contributed by atoms with Crippen molar-refractivity contribution >= 4 is 27.7 Å². The van der Waals surface area contributed by atoms with Crippen LogP contribution in [-0.2, 0) is 16.1 Å². The monoisotopic (exact) mass is 506 g/mol. The number of ether oxygens (including phenoxy) is 1. The van der Waals surface area contributed by atoms with Gasteiger partial charge in [-0.15, -0.1) is 0 Å².